The zero-order chi connectivity index (χ0) is 17.1. The number of benzene rings is 1. The van der Waals surface area contributed by atoms with Crippen LogP contribution >= 0.6 is 0 Å². The predicted molar refractivity (Wildman–Crippen MR) is 87.4 cm³/mol. The van der Waals surface area contributed by atoms with Gasteiger partial charge in [-0.2, -0.15) is 0 Å². The number of amides is 2. The zero-order valence-electron chi connectivity index (χ0n) is 13.8. The number of rotatable bonds is 6. The summed E-state index contributed by atoms with van der Waals surface area (Å²) < 4.78 is 10.8. The zero-order valence-corrected chi connectivity index (χ0v) is 13.8. The van der Waals surface area contributed by atoms with Crippen molar-refractivity contribution < 1.29 is 18.7 Å². The maximum atomic E-state index is 12.5. The molecular weight excluding hydrogens is 296 g/mol. The van der Waals surface area contributed by atoms with Crippen LogP contribution in [0.1, 0.15) is 36.4 Å². The number of nitrogens with two attached hydrogens (primary N) is 1. The number of carbonyl (C=O) groups is 2. The molecule has 0 bridgehead atoms. The molecule has 0 saturated carbocycles. The third-order valence-electron chi connectivity index (χ3n) is 4.16. The molecule has 1 aromatic heterocycles. The number of hydrogen-bond acceptors (Lipinski definition) is 4. The minimum atomic E-state index is -0.727. The highest BCUT2D eigenvalue weighted by atomic mass is 16.5. The number of carbonyl (C=O) groups excluding carboxylic acids is 2. The number of fused-ring (bicyclic) bond motifs is 1. The Bertz CT molecular complexity index is 736. The topological polar surface area (TPSA) is 94.6 Å². The molecule has 0 saturated heterocycles. The van der Waals surface area contributed by atoms with Gasteiger partial charge in [0.2, 0.25) is 5.91 Å². The standard InChI is InChI=1S/C17H22N2O4/c1-5-9(2)14(16(18)20)19-17(21)15-10(3)12-8-11(22-4)6-7-13(12)23-15/h6-9,14H,5H2,1-4H3,(H2,18,20)(H,19,21). The second-order valence-corrected chi connectivity index (χ2v) is 5.66. The van der Waals surface area contributed by atoms with Gasteiger partial charge in [-0.3, -0.25) is 9.59 Å². The quantitative estimate of drug-likeness (QED) is 0.855. The van der Waals surface area contributed by atoms with Crippen LogP contribution < -0.4 is 15.8 Å². The van der Waals surface area contributed by atoms with E-state index in [1.807, 2.05) is 19.9 Å². The van der Waals surface area contributed by atoms with Crippen molar-refractivity contribution in [1.29, 1.82) is 0 Å². The Morgan fingerprint density at radius 3 is 2.65 bits per heavy atom. The van der Waals surface area contributed by atoms with Gasteiger partial charge in [-0.25, -0.2) is 0 Å². The van der Waals surface area contributed by atoms with Gasteiger partial charge in [-0.05, 0) is 31.0 Å². The van der Waals surface area contributed by atoms with Crippen LogP contribution in [0.3, 0.4) is 0 Å². The van der Waals surface area contributed by atoms with E-state index in [1.165, 1.54) is 0 Å². The van der Waals surface area contributed by atoms with Gasteiger partial charge in [0.05, 0.1) is 7.11 Å². The summed E-state index contributed by atoms with van der Waals surface area (Å²) in [7, 11) is 1.58. The average Bonchev–Trinajstić information content (AvgIpc) is 2.87. The molecule has 2 atom stereocenters. The van der Waals surface area contributed by atoms with E-state index in [0.29, 0.717) is 16.9 Å². The molecule has 0 aliphatic carbocycles. The molecule has 2 unspecified atom stereocenters. The Kier molecular flexibility index (Phi) is 4.93. The maximum Gasteiger partial charge on any atom is 0.287 e. The summed E-state index contributed by atoms with van der Waals surface area (Å²) in [5.74, 6) is -0.183. The van der Waals surface area contributed by atoms with Crippen LogP contribution in [0.4, 0.5) is 0 Å². The van der Waals surface area contributed by atoms with Crippen molar-refractivity contribution in [2.45, 2.75) is 33.2 Å². The highest BCUT2D eigenvalue weighted by molar-refractivity contribution is 6.01. The highest BCUT2D eigenvalue weighted by Crippen LogP contribution is 2.28. The van der Waals surface area contributed by atoms with E-state index in [4.69, 9.17) is 14.9 Å². The van der Waals surface area contributed by atoms with Gasteiger partial charge in [0.15, 0.2) is 5.76 Å². The first-order valence-corrected chi connectivity index (χ1v) is 7.56. The van der Waals surface area contributed by atoms with Crippen LogP contribution in [0.2, 0.25) is 0 Å². The normalized spacial score (nSPS) is 13.6. The minimum Gasteiger partial charge on any atom is -0.497 e. The van der Waals surface area contributed by atoms with Crippen molar-refractivity contribution in [3.8, 4) is 5.75 Å². The Labute approximate surface area is 135 Å². The lowest BCUT2D eigenvalue weighted by atomic mass is 9.98. The van der Waals surface area contributed by atoms with Gasteiger partial charge in [-0.15, -0.1) is 0 Å². The van der Waals surface area contributed by atoms with E-state index in [-0.39, 0.29) is 11.7 Å². The van der Waals surface area contributed by atoms with Crippen molar-refractivity contribution in [3.63, 3.8) is 0 Å². The van der Waals surface area contributed by atoms with Crippen LogP contribution in [-0.2, 0) is 4.79 Å². The minimum absolute atomic E-state index is 0.0544. The lowest BCUT2D eigenvalue weighted by Gasteiger charge is -2.20. The summed E-state index contributed by atoms with van der Waals surface area (Å²) in [6.45, 7) is 5.60. The van der Waals surface area contributed by atoms with Gasteiger partial charge in [-0.1, -0.05) is 20.3 Å². The van der Waals surface area contributed by atoms with E-state index >= 15 is 0 Å². The van der Waals surface area contributed by atoms with Gasteiger partial charge < -0.3 is 20.2 Å². The lowest BCUT2D eigenvalue weighted by Crippen LogP contribution is -2.48. The molecule has 6 heteroatoms. The number of nitrogens with one attached hydrogen (secondary N) is 1. The van der Waals surface area contributed by atoms with Gasteiger partial charge in [0.1, 0.15) is 17.4 Å². The number of methoxy groups -OCH3 is 1. The first kappa shape index (κ1) is 16.9. The molecule has 1 heterocycles. The molecule has 0 spiro atoms. The first-order valence-electron chi connectivity index (χ1n) is 7.56. The fourth-order valence-corrected chi connectivity index (χ4v) is 2.48. The molecule has 2 amide bonds. The van der Waals surface area contributed by atoms with Gasteiger partial charge in [0.25, 0.3) is 5.91 Å². The average molecular weight is 318 g/mol. The second kappa shape index (κ2) is 6.73. The Hall–Kier alpha value is -2.50. The van der Waals surface area contributed by atoms with Crippen LogP contribution in [-0.4, -0.2) is 25.0 Å². The molecule has 0 fully saturated rings. The fraction of sp³-hybridized carbons (Fsp3) is 0.412. The van der Waals surface area contributed by atoms with E-state index in [2.05, 4.69) is 5.32 Å². The summed E-state index contributed by atoms with van der Waals surface area (Å²) in [5, 5.41) is 3.48. The number of aryl methyl sites for hydroxylation is 1. The van der Waals surface area contributed by atoms with E-state index in [9.17, 15) is 9.59 Å². The number of primary amides is 1. The lowest BCUT2D eigenvalue weighted by molar-refractivity contribution is -0.120. The molecule has 0 aliphatic heterocycles. The summed E-state index contributed by atoms with van der Waals surface area (Å²) in [6, 6.07) is 4.59. The fourth-order valence-electron chi connectivity index (χ4n) is 2.48. The van der Waals surface area contributed by atoms with Crippen LogP contribution in [0.15, 0.2) is 22.6 Å². The number of furan rings is 1. The molecule has 2 aromatic rings. The van der Waals surface area contributed by atoms with E-state index in [1.54, 1.807) is 26.2 Å². The van der Waals surface area contributed by atoms with Crippen molar-refractivity contribution in [2.24, 2.45) is 11.7 Å². The summed E-state index contributed by atoms with van der Waals surface area (Å²) in [6.07, 6.45) is 0.726. The molecule has 124 valence electrons. The molecule has 3 N–H and O–H groups in total. The predicted octanol–water partition coefficient (Wildman–Crippen LogP) is 2.38. The van der Waals surface area contributed by atoms with Crippen molar-refractivity contribution in [3.05, 3.63) is 29.5 Å². The SMILES string of the molecule is CCC(C)C(NC(=O)c1oc2ccc(OC)cc2c1C)C(N)=O. The molecular formula is C17H22N2O4. The molecule has 1 aromatic carbocycles. The largest absolute Gasteiger partial charge is 0.497 e. The number of ether oxygens (including phenoxy) is 1. The number of hydrogen-bond donors (Lipinski definition) is 2. The van der Waals surface area contributed by atoms with E-state index in [0.717, 1.165) is 11.8 Å². The molecule has 23 heavy (non-hydrogen) atoms. The van der Waals surface area contributed by atoms with E-state index < -0.39 is 17.9 Å². The molecule has 6 nitrogen and oxygen atoms in total. The Morgan fingerprint density at radius 2 is 2.09 bits per heavy atom. The van der Waals surface area contributed by atoms with Crippen LogP contribution in [0.25, 0.3) is 11.0 Å². The third-order valence-corrected chi connectivity index (χ3v) is 4.16. The van der Waals surface area contributed by atoms with Crippen LogP contribution in [0.5, 0.6) is 5.75 Å². The third kappa shape index (κ3) is 3.31. The maximum absolute atomic E-state index is 12.5. The summed E-state index contributed by atoms with van der Waals surface area (Å²) in [4.78, 5) is 24.0. The summed E-state index contributed by atoms with van der Waals surface area (Å²) >= 11 is 0. The highest BCUT2D eigenvalue weighted by Gasteiger charge is 2.27. The van der Waals surface area contributed by atoms with Crippen molar-refractivity contribution in [1.82, 2.24) is 5.32 Å². The smallest absolute Gasteiger partial charge is 0.287 e. The Morgan fingerprint density at radius 1 is 1.39 bits per heavy atom. The molecule has 0 aliphatic rings. The Balaban J connectivity index is 2.34. The molecule has 0 radical (unpaired) electrons. The summed E-state index contributed by atoms with van der Waals surface area (Å²) in [5.41, 5.74) is 6.68. The van der Waals surface area contributed by atoms with Crippen LogP contribution in [0, 0.1) is 12.8 Å². The second-order valence-electron chi connectivity index (χ2n) is 5.66. The monoisotopic (exact) mass is 318 g/mol. The van der Waals surface area contributed by atoms with Crippen molar-refractivity contribution >= 4 is 22.8 Å². The van der Waals surface area contributed by atoms with Crippen molar-refractivity contribution in [2.75, 3.05) is 7.11 Å². The van der Waals surface area contributed by atoms with Gasteiger partial charge in [0, 0.05) is 10.9 Å². The molecule has 2 rings (SSSR count). The van der Waals surface area contributed by atoms with Gasteiger partial charge >= 0.3 is 0 Å². The first-order chi connectivity index (χ1) is 10.9.